The molecule has 0 aromatic rings. The summed E-state index contributed by atoms with van der Waals surface area (Å²) < 4.78 is 5.66. The van der Waals surface area contributed by atoms with Crippen molar-refractivity contribution in [2.45, 2.75) is 52.7 Å². The fourth-order valence-corrected chi connectivity index (χ4v) is 1.49. The molecule has 0 saturated carbocycles. The molecule has 0 spiro atoms. The molecule has 1 nitrogen and oxygen atoms in total. The zero-order valence-corrected chi connectivity index (χ0v) is 8.41. The van der Waals surface area contributed by atoms with Gasteiger partial charge in [-0.25, -0.2) is 0 Å². The average Bonchev–Trinajstić information content (AvgIpc) is 2.32. The summed E-state index contributed by atoms with van der Waals surface area (Å²) in [5.41, 5.74) is 2.81. The molecule has 0 aliphatic carbocycles. The summed E-state index contributed by atoms with van der Waals surface area (Å²) in [6, 6.07) is 0. The zero-order valence-electron chi connectivity index (χ0n) is 8.41. The molecule has 64 valence electrons. The lowest BCUT2D eigenvalue weighted by Crippen LogP contribution is -2.18. The Morgan fingerprint density at radius 3 is 1.45 bits per heavy atom. The van der Waals surface area contributed by atoms with Crippen LogP contribution in [0.15, 0.2) is 11.1 Å². The number of rotatable bonds is 1. The minimum absolute atomic E-state index is 0.00579. The SMILES string of the molecule is CC(C)=C(C)C1(C)OC1(C)C. The van der Waals surface area contributed by atoms with E-state index in [1.165, 1.54) is 11.1 Å². The molecule has 1 heterocycles. The van der Waals surface area contributed by atoms with Crippen molar-refractivity contribution >= 4 is 0 Å². The quantitative estimate of drug-likeness (QED) is 0.418. The minimum atomic E-state index is 0.00579. The van der Waals surface area contributed by atoms with Crippen molar-refractivity contribution in [1.29, 1.82) is 0 Å². The Bertz CT molecular complexity index is 209. The van der Waals surface area contributed by atoms with Crippen LogP contribution >= 0.6 is 0 Å². The molecule has 1 heteroatoms. The molecule has 0 radical (unpaired) electrons. The van der Waals surface area contributed by atoms with E-state index in [9.17, 15) is 0 Å². The van der Waals surface area contributed by atoms with E-state index < -0.39 is 0 Å². The normalized spacial score (nSPS) is 33.3. The minimum Gasteiger partial charge on any atom is -0.359 e. The molecule has 0 aromatic heterocycles. The van der Waals surface area contributed by atoms with E-state index in [0.717, 1.165) is 0 Å². The summed E-state index contributed by atoms with van der Waals surface area (Å²) in [5.74, 6) is 0. The lowest BCUT2D eigenvalue weighted by molar-refractivity contribution is 0.302. The Balaban J connectivity index is 2.89. The molecule has 1 saturated heterocycles. The largest absolute Gasteiger partial charge is 0.359 e. The highest BCUT2D eigenvalue weighted by Crippen LogP contribution is 2.52. The molecule has 0 amide bonds. The van der Waals surface area contributed by atoms with Crippen molar-refractivity contribution in [3.05, 3.63) is 11.1 Å². The van der Waals surface area contributed by atoms with Crippen LogP contribution in [0.1, 0.15) is 41.5 Å². The Hall–Kier alpha value is -0.300. The molecular weight excluding hydrogens is 136 g/mol. The maximum Gasteiger partial charge on any atom is 0.115 e. The standard InChI is InChI=1S/C10H18O/c1-7(2)8(3)10(6)9(4,5)11-10/h1-6H3. The van der Waals surface area contributed by atoms with Crippen LogP contribution in [-0.2, 0) is 4.74 Å². The molecule has 0 N–H and O–H groups in total. The van der Waals surface area contributed by atoms with Gasteiger partial charge in [0.2, 0.25) is 0 Å². The predicted molar refractivity (Wildman–Crippen MR) is 47.6 cm³/mol. The molecule has 1 aliphatic heterocycles. The Labute approximate surface area is 69.4 Å². The lowest BCUT2D eigenvalue weighted by atomic mass is 9.89. The first-order valence-electron chi connectivity index (χ1n) is 4.16. The van der Waals surface area contributed by atoms with Crippen molar-refractivity contribution in [1.82, 2.24) is 0 Å². The smallest absolute Gasteiger partial charge is 0.115 e. The first-order valence-corrected chi connectivity index (χ1v) is 4.16. The number of ether oxygens (including phenoxy) is 1. The molecule has 1 unspecified atom stereocenters. The third-order valence-electron chi connectivity index (χ3n) is 3.03. The third-order valence-corrected chi connectivity index (χ3v) is 3.03. The van der Waals surface area contributed by atoms with Crippen LogP contribution in [0, 0.1) is 0 Å². The van der Waals surface area contributed by atoms with Gasteiger partial charge in [-0.1, -0.05) is 5.57 Å². The summed E-state index contributed by atoms with van der Waals surface area (Å²) in [6.07, 6.45) is 0. The first kappa shape index (κ1) is 8.79. The Kier molecular flexibility index (Phi) is 1.68. The summed E-state index contributed by atoms with van der Waals surface area (Å²) in [7, 11) is 0. The van der Waals surface area contributed by atoms with E-state index in [2.05, 4.69) is 41.5 Å². The van der Waals surface area contributed by atoms with E-state index >= 15 is 0 Å². The van der Waals surface area contributed by atoms with Crippen LogP contribution in [0.25, 0.3) is 0 Å². The van der Waals surface area contributed by atoms with Crippen LogP contribution in [0.3, 0.4) is 0 Å². The number of allylic oxidation sites excluding steroid dienone is 1. The molecule has 1 rings (SSSR count). The predicted octanol–water partition coefficient (Wildman–Crippen LogP) is 2.91. The monoisotopic (exact) mass is 154 g/mol. The van der Waals surface area contributed by atoms with Crippen LogP contribution in [0.5, 0.6) is 0 Å². The average molecular weight is 154 g/mol. The maximum absolute atomic E-state index is 5.66. The van der Waals surface area contributed by atoms with Gasteiger partial charge in [0.05, 0.1) is 5.60 Å². The maximum atomic E-state index is 5.66. The molecule has 11 heavy (non-hydrogen) atoms. The highest BCUT2D eigenvalue weighted by Gasteiger charge is 2.61. The second kappa shape index (κ2) is 2.10. The Morgan fingerprint density at radius 1 is 1.00 bits per heavy atom. The van der Waals surface area contributed by atoms with Crippen LogP contribution in [-0.4, -0.2) is 11.2 Å². The molecule has 0 aromatic carbocycles. The van der Waals surface area contributed by atoms with Gasteiger partial charge in [0.15, 0.2) is 0 Å². The summed E-state index contributed by atoms with van der Waals surface area (Å²) >= 11 is 0. The van der Waals surface area contributed by atoms with Gasteiger partial charge in [-0.15, -0.1) is 0 Å². The van der Waals surface area contributed by atoms with Crippen molar-refractivity contribution in [3.8, 4) is 0 Å². The van der Waals surface area contributed by atoms with Gasteiger partial charge in [0.1, 0.15) is 5.60 Å². The van der Waals surface area contributed by atoms with Crippen LogP contribution in [0.2, 0.25) is 0 Å². The van der Waals surface area contributed by atoms with Gasteiger partial charge in [0.25, 0.3) is 0 Å². The molecule has 1 atom stereocenters. The van der Waals surface area contributed by atoms with Crippen LogP contribution < -0.4 is 0 Å². The van der Waals surface area contributed by atoms with Gasteiger partial charge < -0.3 is 4.74 Å². The third kappa shape index (κ3) is 1.12. The van der Waals surface area contributed by atoms with E-state index in [4.69, 9.17) is 4.74 Å². The van der Waals surface area contributed by atoms with E-state index in [1.807, 2.05) is 0 Å². The first-order chi connectivity index (χ1) is 4.81. The van der Waals surface area contributed by atoms with Crippen LogP contribution in [0.4, 0.5) is 0 Å². The topological polar surface area (TPSA) is 12.5 Å². The fraction of sp³-hybridized carbons (Fsp3) is 0.800. The molecular formula is C10H18O. The van der Waals surface area contributed by atoms with Gasteiger partial charge in [-0.3, -0.25) is 0 Å². The van der Waals surface area contributed by atoms with Crippen molar-refractivity contribution in [2.24, 2.45) is 0 Å². The van der Waals surface area contributed by atoms with E-state index in [-0.39, 0.29) is 11.2 Å². The summed E-state index contributed by atoms with van der Waals surface area (Å²) in [5, 5.41) is 0. The number of hydrogen-bond donors (Lipinski definition) is 0. The van der Waals surface area contributed by atoms with Crippen molar-refractivity contribution in [3.63, 3.8) is 0 Å². The van der Waals surface area contributed by atoms with Crippen molar-refractivity contribution in [2.75, 3.05) is 0 Å². The Morgan fingerprint density at radius 2 is 1.36 bits per heavy atom. The number of hydrogen-bond acceptors (Lipinski definition) is 1. The summed E-state index contributed by atoms with van der Waals surface area (Å²) in [6.45, 7) is 12.9. The van der Waals surface area contributed by atoms with Gasteiger partial charge >= 0.3 is 0 Å². The summed E-state index contributed by atoms with van der Waals surface area (Å²) in [4.78, 5) is 0. The molecule has 1 aliphatic rings. The molecule has 1 fully saturated rings. The molecule has 0 bridgehead atoms. The van der Waals surface area contributed by atoms with E-state index in [1.54, 1.807) is 0 Å². The second-order valence-corrected chi connectivity index (χ2v) is 4.27. The van der Waals surface area contributed by atoms with Crippen molar-refractivity contribution < 1.29 is 4.74 Å². The zero-order chi connectivity index (χ0) is 8.86. The second-order valence-electron chi connectivity index (χ2n) is 4.27. The lowest BCUT2D eigenvalue weighted by Gasteiger charge is -2.11. The number of epoxide rings is 1. The van der Waals surface area contributed by atoms with E-state index in [0.29, 0.717) is 0 Å². The van der Waals surface area contributed by atoms with Gasteiger partial charge in [0, 0.05) is 0 Å². The van der Waals surface area contributed by atoms with Gasteiger partial charge in [-0.2, -0.15) is 0 Å². The highest BCUT2D eigenvalue weighted by molar-refractivity contribution is 5.31. The fourth-order valence-electron chi connectivity index (χ4n) is 1.49. The highest BCUT2D eigenvalue weighted by atomic mass is 16.6. The van der Waals surface area contributed by atoms with Gasteiger partial charge in [-0.05, 0) is 47.1 Å².